The van der Waals surface area contributed by atoms with Crippen molar-refractivity contribution in [3.63, 3.8) is 0 Å². The fourth-order valence-corrected chi connectivity index (χ4v) is 3.76. The molecule has 0 aromatic carbocycles. The average molecular weight is 444 g/mol. The van der Waals surface area contributed by atoms with Gasteiger partial charge in [-0.3, -0.25) is 0 Å². The zero-order chi connectivity index (χ0) is 17.3. The van der Waals surface area contributed by atoms with Crippen LogP contribution in [0.4, 0.5) is 0 Å². The van der Waals surface area contributed by atoms with Crippen LogP contribution < -0.4 is 4.57 Å². The summed E-state index contributed by atoms with van der Waals surface area (Å²) < 4.78 is 3.69. The lowest BCUT2D eigenvalue weighted by Crippen LogP contribution is -2.33. The van der Waals surface area contributed by atoms with Gasteiger partial charge >= 0.3 is 0 Å². The molecule has 0 fully saturated rings. The van der Waals surface area contributed by atoms with Crippen molar-refractivity contribution in [2.24, 2.45) is 0 Å². The quantitative estimate of drug-likeness (QED) is 0.111. The van der Waals surface area contributed by atoms with Gasteiger partial charge in [0.15, 0.2) is 12.4 Å². The topological polar surface area (TPSA) is 3.88 Å². The number of pyridine rings is 1. The molecule has 0 N–H and O–H groups in total. The summed E-state index contributed by atoms with van der Waals surface area (Å²) in [5.74, 6) is 0. The Hall–Kier alpha value is -0.120. The number of nitrogens with zero attached hydrogens (tertiary/aromatic N) is 1. The second kappa shape index (κ2) is 16.4. The molecule has 0 saturated carbocycles. The van der Waals surface area contributed by atoms with Crippen molar-refractivity contribution in [2.75, 3.05) is 4.43 Å². The molecular weight excluding hydrogens is 405 g/mol. The SMILES string of the molecule is CCCC[n+]1cccc(CCCCCCCCCCCCCI)c1. The van der Waals surface area contributed by atoms with Crippen LogP contribution in [0.1, 0.15) is 96.0 Å². The Morgan fingerprint density at radius 2 is 1.38 bits per heavy atom. The van der Waals surface area contributed by atoms with Gasteiger partial charge in [0, 0.05) is 18.1 Å². The third-order valence-corrected chi connectivity index (χ3v) is 5.55. The highest BCUT2D eigenvalue weighted by Gasteiger charge is 2.02. The largest absolute Gasteiger partial charge is 0.205 e. The average Bonchev–Trinajstić information content (AvgIpc) is 2.61. The first-order valence-electron chi connectivity index (χ1n) is 10.4. The molecule has 138 valence electrons. The summed E-state index contributed by atoms with van der Waals surface area (Å²) in [6.45, 7) is 3.43. The van der Waals surface area contributed by atoms with Gasteiger partial charge in [0.05, 0.1) is 0 Å². The molecule has 1 aromatic heterocycles. The van der Waals surface area contributed by atoms with Gasteiger partial charge in [-0.05, 0) is 29.8 Å². The van der Waals surface area contributed by atoms with Crippen LogP contribution in [0.25, 0.3) is 0 Å². The van der Waals surface area contributed by atoms with E-state index < -0.39 is 0 Å². The number of alkyl halides is 1. The molecule has 1 heterocycles. The molecule has 1 nitrogen and oxygen atoms in total. The molecule has 0 radical (unpaired) electrons. The maximum absolute atomic E-state index is 2.49. The van der Waals surface area contributed by atoms with Crippen LogP contribution >= 0.6 is 22.6 Å². The first-order chi connectivity index (χ1) is 11.9. The van der Waals surface area contributed by atoms with E-state index in [4.69, 9.17) is 0 Å². The smallest absolute Gasteiger partial charge is 0.171 e. The minimum atomic E-state index is 1.17. The number of aromatic nitrogens is 1. The Morgan fingerprint density at radius 1 is 0.792 bits per heavy atom. The van der Waals surface area contributed by atoms with E-state index in [1.165, 1.54) is 106 Å². The predicted molar refractivity (Wildman–Crippen MR) is 115 cm³/mol. The predicted octanol–water partition coefficient (Wildman–Crippen LogP) is 7.04. The Balaban J connectivity index is 1.93. The third kappa shape index (κ3) is 12.3. The maximum Gasteiger partial charge on any atom is 0.171 e. The van der Waals surface area contributed by atoms with Gasteiger partial charge in [-0.2, -0.15) is 0 Å². The number of unbranched alkanes of at least 4 members (excludes halogenated alkanes) is 11. The molecule has 0 bridgehead atoms. The summed E-state index contributed by atoms with van der Waals surface area (Å²) in [4.78, 5) is 0. The highest BCUT2D eigenvalue weighted by atomic mass is 127. The molecule has 0 aliphatic heterocycles. The van der Waals surface area contributed by atoms with Crippen molar-refractivity contribution in [2.45, 2.75) is 103 Å². The van der Waals surface area contributed by atoms with Crippen molar-refractivity contribution < 1.29 is 4.57 Å². The Kier molecular flexibility index (Phi) is 14.9. The van der Waals surface area contributed by atoms with E-state index in [-0.39, 0.29) is 0 Å². The monoisotopic (exact) mass is 444 g/mol. The highest BCUT2D eigenvalue weighted by Crippen LogP contribution is 2.12. The van der Waals surface area contributed by atoms with E-state index in [0.29, 0.717) is 0 Å². The van der Waals surface area contributed by atoms with Crippen LogP contribution in [-0.2, 0) is 13.0 Å². The second-order valence-corrected chi connectivity index (χ2v) is 8.21. The second-order valence-electron chi connectivity index (χ2n) is 7.13. The summed E-state index contributed by atoms with van der Waals surface area (Å²) in [6, 6.07) is 4.51. The molecular formula is C22H39IN+. The zero-order valence-corrected chi connectivity index (χ0v) is 18.1. The van der Waals surface area contributed by atoms with Crippen LogP contribution in [0, 0.1) is 0 Å². The zero-order valence-electron chi connectivity index (χ0n) is 15.9. The van der Waals surface area contributed by atoms with Crippen molar-refractivity contribution in [1.29, 1.82) is 0 Å². The fourth-order valence-electron chi connectivity index (χ4n) is 3.22. The number of halogens is 1. The summed E-state index contributed by atoms with van der Waals surface area (Å²) in [6.07, 6.45) is 24.2. The molecule has 24 heavy (non-hydrogen) atoms. The third-order valence-electron chi connectivity index (χ3n) is 4.79. The molecule has 0 spiro atoms. The molecule has 1 aromatic rings. The van der Waals surface area contributed by atoms with Crippen molar-refractivity contribution in [3.05, 3.63) is 30.1 Å². The van der Waals surface area contributed by atoms with Gasteiger partial charge in [-0.25, -0.2) is 4.57 Å². The molecule has 0 saturated heterocycles. The van der Waals surface area contributed by atoms with E-state index >= 15 is 0 Å². The number of hydrogen-bond acceptors (Lipinski definition) is 0. The lowest BCUT2D eigenvalue weighted by Gasteiger charge is -2.03. The van der Waals surface area contributed by atoms with Crippen LogP contribution in [0.15, 0.2) is 24.5 Å². The Bertz CT molecular complexity index is 391. The number of aryl methyl sites for hydroxylation is 2. The molecule has 1 rings (SSSR count). The lowest BCUT2D eigenvalue weighted by atomic mass is 10.0. The van der Waals surface area contributed by atoms with Gasteiger partial charge in [-0.15, -0.1) is 0 Å². The van der Waals surface area contributed by atoms with Crippen LogP contribution in [0.3, 0.4) is 0 Å². The van der Waals surface area contributed by atoms with E-state index in [1.54, 1.807) is 0 Å². The van der Waals surface area contributed by atoms with Crippen molar-refractivity contribution in [1.82, 2.24) is 0 Å². The maximum atomic E-state index is 2.49. The molecule has 2 heteroatoms. The summed E-state index contributed by atoms with van der Waals surface area (Å²) in [5.41, 5.74) is 1.51. The Labute approximate surface area is 164 Å². The first kappa shape index (κ1) is 21.9. The molecule has 0 atom stereocenters. The number of hydrogen-bond donors (Lipinski definition) is 0. The summed E-state index contributed by atoms with van der Waals surface area (Å²) >= 11 is 2.49. The molecule has 0 aliphatic rings. The Morgan fingerprint density at radius 3 is 1.96 bits per heavy atom. The van der Waals surface area contributed by atoms with Crippen molar-refractivity contribution in [3.8, 4) is 0 Å². The van der Waals surface area contributed by atoms with Gasteiger partial charge in [-0.1, -0.05) is 93.7 Å². The van der Waals surface area contributed by atoms with Crippen LogP contribution in [0.2, 0.25) is 0 Å². The lowest BCUT2D eigenvalue weighted by molar-refractivity contribution is -0.697. The van der Waals surface area contributed by atoms with Crippen molar-refractivity contribution >= 4 is 22.6 Å². The normalized spacial score (nSPS) is 11.1. The first-order valence-corrected chi connectivity index (χ1v) is 11.9. The molecule has 0 aliphatic carbocycles. The highest BCUT2D eigenvalue weighted by molar-refractivity contribution is 14.1. The summed E-state index contributed by atoms with van der Waals surface area (Å²) in [5, 5.41) is 0. The number of rotatable bonds is 16. The van der Waals surface area contributed by atoms with Crippen LogP contribution in [0.5, 0.6) is 0 Å². The van der Waals surface area contributed by atoms with Gasteiger partial charge in [0.1, 0.15) is 6.54 Å². The van der Waals surface area contributed by atoms with Crippen LogP contribution in [-0.4, -0.2) is 4.43 Å². The van der Waals surface area contributed by atoms with Gasteiger partial charge in [0.2, 0.25) is 0 Å². The summed E-state index contributed by atoms with van der Waals surface area (Å²) in [7, 11) is 0. The fraction of sp³-hybridized carbons (Fsp3) is 0.773. The van der Waals surface area contributed by atoms with Gasteiger partial charge < -0.3 is 0 Å². The standard InChI is InChI=1S/C22H39IN/c1-2-3-19-24-20-15-17-22(21-24)16-13-11-9-7-5-4-6-8-10-12-14-18-23/h15,17,20-21H,2-14,16,18-19H2,1H3/q+1. The van der Waals surface area contributed by atoms with E-state index in [2.05, 4.69) is 58.6 Å². The molecule has 0 unspecified atom stereocenters. The van der Waals surface area contributed by atoms with Gasteiger partial charge in [0.25, 0.3) is 0 Å². The minimum Gasteiger partial charge on any atom is -0.205 e. The van der Waals surface area contributed by atoms with E-state index in [0.717, 1.165) is 0 Å². The molecule has 0 amide bonds. The van der Waals surface area contributed by atoms with E-state index in [9.17, 15) is 0 Å². The van der Waals surface area contributed by atoms with E-state index in [1.807, 2.05) is 0 Å². The minimum absolute atomic E-state index is 1.17.